The molecule has 1 aliphatic rings. The average molecular weight is 234 g/mol. The van der Waals surface area contributed by atoms with E-state index < -0.39 is 0 Å². The summed E-state index contributed by atoms with van der Waals surface area (Å²) in [5.74, 6) is 0.416. The third kappa shape index (κ3) is 3.03. The minimum absolute atomic E-state index is 0.0399. The number of hydrogen-bond acceptors (Lipinski definition) is 3. The molecular formula is C13H18N2O2. The molecule has 1 aliphatic heterocycles. The topological polar surface area (TPSA) is 51.2 Å². The molecule has 1 unspecified atom stereocenters. The Balaban J connectivity index is 1.94. The summed E-state index contributed by atoms with van der Waals surface area (Å²) in [5, 5.41) is 2.94. The summed E-state index contributed by atoms with van der Waals surface area (Å²) >= 11 is 0. The summed E-state index contributed by atoms with van der Waals surface area (Å²) in [5.41, 5.74) is 2.57. The Labute approximate surface area is 101 Å². The number of nitrogens with zero attached hydrogens (tertiary/aromatic N) is 1. The molecule has 0 saturated carbocycles. The molecule has 4 heteroatoms. The summed E-state index contributed by atoms with van der Waals surface area (Å²) < 4.78 is 5.27. The Morgan fingerprint density at radius 3 is 3.06 bits per heavy atom. The molecule has 2 rings (SSSR count). The fourth-order valence-electron chi connectivity index (χ4n) is 2.01. The number of hydrogen-bond donors (Lipinski definition) is 1. The number of carbonyl (C=O) groups excluding carboxylic acids is 1. The van der Waals surface area contributed by atoms with Gasteiger partial charge in [-0.1, -0.05) is 0 Å². The number of nitrogens with one attached hydrogen (secondary N) is 1. The first-order chi connectivity index (χ1) is 8.16. The number of aromatic nitrogens is 1. The van der Waals surface area contributed by atoms with Crippen LogP contribution in [0.5, 0.6) is 0 Å². The van der Waals surface area contributed by atoms with Crippen molar-refractivity contribution in [1.29, 1.82) is 0 Å². The normalized spacial score (nSPS) is 19.3. The highest BCUT2D eigenvalue weighted by atomic mass is 16.5. The summed E-state index contributed by atoms with van der Waals surface area (Å²) in [6, 6.07) is 1.92. The molecule has 0 spiro atoms. The summed E-state index contributed by atoms with van der Waals surface area (Å²) in [4.78, 5) is 16.1. The maximum Gasteiger partial charge on any atom is 0.253 e. The van der Waals surface area contributed by atoms with Crippen LogP contribution in [0.25, 0.3) is 0 Å². The van der Waals surface area contributed by atoms with E-state index in [0.29, 0.717) is 18.0 Å². The molecule has 0 aliphatic carbocycles. The van der Waals surface area contributed by atoms with Gasteiger partial charge in [0.1, 0.15) is 0 Å². The quantitative estimate of drug-likeness (QED) is 0.861. The van der Waals surface area contributed by atoms with E-state index in [1.54, 1.807) is 6.20 Å². The Hall–Kier alpha value is -1.42. The fraction of sp³-hybridized carbons (Fsp3) is 0.538. The first kappa shape index (κ1) is 12.0. The van der Waals surface area contributed by atoms with Gasteiger partial charge in [-0.3, -0.25) is 9.78 Å². The predicted molar refractivity (Wildman–Crippen MR) is 65.0 cm³/mol. The van der Waals surface area contributed by atoms with Gasteiger partial charge in [0.05, 0.1) is 12.2 Å². The molecule has 0 radical (unpaired) electrons. The van der Waals surface area contributed by atoms with Crippen LogP contribution in [0.15, 0.2) is 12.3 Å². The molecule has 0 aromatic carbocycles. The highest BCUT2D eigenvalue weighted by Gasteiger charge is 2.17. The maximum absolute atomic E-state index is 11.9. The number of aryl methyl sites for hydroxylation is 2. The zero-order valence-corrected chi connectivity index (χ0v) is 10.3. The molecule has 1 aromatic rings. The average Bonchev–Trinajstić information content (AvgIpc) is 2.78. The lowest BCUT2D eigenvalue weighted by molar-refractivity contribution is 0.0944. The van der Waals surface area contributed by atoms with Crippen LogP contribution in [0.2, 0.25) is 0 Å². The molecule has 1 saturated heterocycles. The van der Waals surface area contributed by atoms with E-state index in [1.807, 2.05) is 19.9 Å². The molecule has 1 amide bonds. The van der Waals surface area contributed by atoms with E-state index in [4.69, 9.17) is 4.74 Å². The van der Waals surface area contributed by atoms with Crippen molar-refractivity contribution in [1.82, 2.24) is 10.3 Å². The van der Waals surface area contributed by atoms with E-state index >= 15 is 0 Å². The van der Waals surface area contributed by atoms with Gasteiger partial charge in [-0.2, -0.15) is 0 Å². The lowest BCUT2D eigenvalue weighted by Gasteiger charge is -2.10. The van der Waals surface area contributed by atoms with Crippen LogP contribution in [0.1, 0.15) is 28.0 Å². The third-order valence-electron chi connectivity index (χ3n) is 3.07. The van der Waals surface area contributed by atoms with Crippen LogP contribution < -0.4 is 5.32 Å². The van der Waals surface area contributed by atoms with Crippen molar-refractivity contribution in [2.45, 2.75) is 20.3 Å². The Kier molecular flexibility index (Phi) is 3.74. The maximum atomic E-state index is 11.9. The van der Waals surface area contributed by atoms with Gasteiger partial charge in [-0.25, -0.2) is 0 Å². The van der Waals surface area contributed by atoms with E-state index in [-0.39, 0.29) is 5.91 Å². The van der Waals surface area contributed by atoms with Gasteiger partial charge >= 0.3 is 0 Å². The van der Waals surface area contributed by atoms with Gasteiger partial charge in [-0.15, -0.1) is 0 Å². The second kappa shape index (κ2) is 5.27. The highest BCUT2D eigenvalue weighted by Crippen LogP contribution is 2.12. The van der Waals surface area contributed by atoms with Crippen molar-refractivity contribution >= 4 is 5.91 Å². The largest absolute Gasteiger partial charge is 0.381 e. The molecule has 17 heavy (non-hydrogen) atoms. The fourth-order valence-corrected chi connectivity index (χ4v) is 2.01. The van der Waals surface area contributed by atoms with Crippen LogP contribution in [0.3, 0.4) is 0 Å². The molecule has 1 fully saturated rings. The zero-order chi connectivity index (χ0) is 12.3. The molecule has 1 aromatic heterocycles. The molecular weight excluding hydrogens is 216 g/mol. The summed E-state index contributed by atoms with van der Waals surface area (Å²) in [6.45, 7) is 6.11. The lowest BCUT2D eigenvalue weighted by Crippen LogP contribution is -2.30. The Bertz CT molecular complexity index is 412. The molecule has 92 valence electrons. The first-order valence-electron chi connectivity index (χ1n) is 5.96. The van der Waals surface area contributed by atoms with Gasteiger partial charge in [0, 0.05) is 31.0 Å². The molecule has 4 nitrogen and oxygen atoms in total. The van der Waals surface area contributed by atoms with Crippen LogP contribution >= 0.6 is 0 Å². The van der Waals surface area contributed by atoms with E-state index in [9.17, 15) is 4.79 Å². The van der Waals surface area contributed by atoms with E-state index in [2.05, 4.69) is 10.3 Å². The standard InChI is InChI=1S/C13H18N2O2/c1-9-5-10(2)14-7-12(9)13(16)15-6-11-3-4-17-8-11/h5,7,11H,3-4,6,8H2,1-2H3,(H,15,16). The number of rotatable bonds is 3. The van der Waals surface area contributed by atoms with Gasteiger partial charge < -0.3 is 10.1 Å². The van der Waals surface area contributed by atoms with Gasteiger partial charge in [-0.05, 0) is 31.9 Å². The highest BCUT2D eigenvalue weighted by molar-refractivity contribution is 5.95. The van der Waals surface area contributed by atoms with Gasteiger partial charge in [0.15, 0.2) is 0 Å². The summed E-state index contributed by atoms with van der Waals surface area (Å²) in [7, 11) is 0. The van der Waals surface area contributed by atoms with Crippen LogP contribution in [0, 0.1) is 19.8 Å². The number of pyridine rings is 1. The van der Waals surface area contributed by atoms with Gasteiger partial charge in [0.25, 0.3) is 5.91 Å². The third-order valence-corrected chi connectivity index (χ3v) is 3.07. The minimum Gasteiger partial charge on any atom is -0.381 e. The van der Waals surface area contributed by atoms with Crippen molar-refractivity contribution in [2.24, 2.45) is 5.92 Å². The van der Waals surface area contributed by atoms with Crippen LogP contribution in [-0.4, -0.2) is 30.6 Å². The second-order valence-corrected chi connectivity index (χ2v) is 4.58. The lowest BCUT2D eigenvalue weighted by atomic mass is 10.1. The van der Waals surface area contributed by atoms with Crippen LogP contribution in [-0.2, 0) is 4.74 Å². The Morgan fingerprint density at radius 1 is 1.59 bits per heavy atom. The summed E-state index contributed by atoms with van der Waals surface area (Å²) in [6.07, 6.45) is 2.68. The molecule has 0 bridgehead atoms. The number of amides is 1. The Morgan fingerprint density at radius 2 is 2.41 bits per heavy atom. The molecule has 2 heterocycles. The number of ether oxygens (including phenoxy) is 1. The van der Waals surface area contributed by atoms with E-state index in [0.717, 1.165) is 30.9 Å². The number of carbonyl (C=O) groups is 1. The van der Waals surface area contributed by atoms with Gasteiger partial charge in [0.2, 0.25) is 0 Å². The molecule has 1 atom stereocenters. The van der Waals surface area contributed by atoms with Crippen molar-refractivity contribution in [3.05, 3.63) is 29.1 Å². The van der Waals surface area contributed by atoms with Crippen LogP contribution in [0.4, 0.5) is 0 Å². The predicted octanol–water partition coefficient (Wildman–Crippen LogP) is 1.46. The van der Waals surface area contributed by atoms with Crippen molar-refractivity contribution in [3.8, 4) is 0 Å². The second-order valence-electron chi connectivity index (χ2n) is 4.58. The minimum atomic E-state index is -0.0399. The smallest absolute Gasteiger partial charge is 0.253 e. The zero-order valence-electron chi connectivity index (χ0n) is 10.3. The van der Waals surface area contributed by atoms with Crippen molar-refractivity contribution in [3.63, 3.8) is 0 Å². The van der Waals surface area contributed by atoms with E-state index in [1.165, 1.54) is 0 Å². The monoisotopic (exact) mass is 234 g/mol. The SMILES string of the molecule is Cc1cc(C)c(C(=O)NCC2CCOC2)cn1. The van der Waals surface area contributed by atoms with Crippen molar-refractivity contribution < 1.29 is 9.53 Å². The molecule has 1 N–H and O–H groups in total. The van der Waals surface area contributed by atoms with Crippen molar-refractivity contribution in [2.75, 3.05) is 19.8 Å². The first-order valence-corrected chi connectivity index (χ1v) is 5.96.